The van der Waals surface area contributed by atoms with Crippen LogP contribution in [0.1, 0.15) is 10.4 Å². The van der Waals surface area contributed by atoms with Gasteiger partial charge in [0.2, 0.25) is 15.8 Å². The molecule has 0 unspecified atom stereocenters. The molecule has 1 saturated heterocycles. The van der Waals surface area contributed by atoms with E-state index in [0.717, 1.165) is 10.8 Å². The maximum absolute atomic E-state index is 13.2. The van der Waals surface area contributed by atoms with Gasteiger partial charge < -0.3 is 19.1 Å². The summed E-state index contributed by atoms with van der Waals surface area (Å²) >= 11 is 0. The number of hydrogen-bond acceptors (Lipinski definition) is 6. The molecule has 0 N–H and O–H groups in total. The SMILES string of the molecule is COc1cc(C(=O)N2CCN(S(=O)(=O)c3ccc4ccccc4c3)CC2)cc(OC)c1OC. The summed E-state index contributed by atoms with van der Waals surface area (Å²) < 4.78 is 43.8. The standard InChI is InChI=1S/C24H26N2O6S/c1-30-21-15-19(16-22(31-2)23(21)32-3)24(27)25-10-12-26(13-11-25)33(28,29)20-9-8-17-6-4-5-7-18(17)14-20/h4-9,14-16H,10-13H2,1-3H3. The Balaban J connectivity index is 1.50. The van der Waals surface area contributed by atoms with Crippen molar-refractivity contribution in [1.29, 1.82) is 0 Å². The van der Waals surface area contributed by atoms with E-state index < -0.39 is 10.0 Å². The molecule has 3 aromatic rings. The smallest absolute Gasteiger partial charge is 0.254 e. The predicted molar refractivity (Wildman–Crippen MR) is 125 cm³/mol. The second-order valence-corrected chi connectivity index (χ2v) is 9.56. The number of hydrogen-bond donors (Lipinski definition) is 0. The number of amides is 1. The van der Waals surface area contributed by atoms with Crippen molar-refractivity contribution in [3.05, 3.63) is 60.2 Å². The number of methoxy groups -OCH3 is 3. The Bertz CT molecular complexity index is 1260. The van der Waals surface area contributed by atoms with Crippen LogP contribution in [-0.2, 0) is 10.0 Å². The van der Waals surface area contributed by atoms with Gasteiger partial charge in [-0.25, -0.2) is 8.42 Å². The number of benzene rings is 3. The molecule has 1 amide bonds. The van der Waals surface area contributed by atoms with E-state index in [0.29, 0.717) is 22.8 Å². The number of piperazine rings is 1. The van der Waals surface area contributed by atoms with Gasteiger partial charge in [0.25, 0.3) is 5.91 Å². The van der Waals surface area contributed by atoms with Gasteiger partial charge >= 0.3 is 0 Å². The van der Waals surface area contributed by atoms with Crippen LogP contribution in [0, 0.1) is 0 Å². The molecule has 0 aromatic heterocycles. The summed E-state index contributed by atoms with van der Waals surface area (Å²) in [6, 6.07) is 16.0. The highest BCUT2D eigenvalue weighted by molar-refractivity contribution is 7.89. The molecular weight excluding hydrogens is 444 g/mol. The lowest BCUT2D eigenvalue weighted by molar-refractivity contribution is 0.0697. The van der Waals surface area contributed by atoms with Crippen molar-refractivity contribution < 1.29 is 27.4 Å². The lowest BCUT2D eigenvalue weighted by Crippen LogP contribution is -2.50. The van der Waals surface area contributed by atoms with E-state index in [2.05, 4.69) is 0 Å². The van der Waals surface area contributed by atoms with Crippen molar-refractivity contribution in [2.24, 2.45) is 0 Å². The first-order chi connectivity index (χ1) is 15.9. The number of carbonyl (C=O) groups excluding carboxylic acids is 1. The van der Waals surface area contributed by atoms with Crippen molar-refractivity contribution in [2.45, 2.75) is 4.90 Å². The number of nitrogens with zero attached hydrogens (tertiary/aromatic N) is 2. The normalized spacial score (nSPS) is 14.8. The highest BCUT2D eigenvalue weighted by Gasteiger charge is 2.31. The summed E-state index contributed by atoms with van der Waals surface area (Å²) in [5, 5.41) is 1.85. The van der Waals surface area contributed by atoms with Gasteiger partial charge in [-0.05, 0) is 35.0 Å². The highest BCUT2D eigenvalue weighted by Crippen LogP contribution is 2.38. The van der Waals surface area contributed by atoms with Crippen LogP contribution in [0.4, 0.5) is 0 Å². The van der Waals surface area contributed by atoms with E-state index in [-0.39, 0.29) is 37.0 Å². The largest absolute Gasteiger partial charge is 0.493 e. The fourth-order valence-electron chi connectivity index (χ4n) is 4.00. The summed E-state index contributed by atoms with van der Waals surface area (Å²) in [6.45, 7) is 0.987. The molecule has 4 rings (SSSR count). The third-order valence-corrected chi connectivity index (χ3v) is 7.69. The third kappa shape index (κ3) is 4.34. The Morgan fingerprint density at radius 1 is 0.788 bits per heavy atom. The Labute approximate surface area is 193 Å². The fraction of sp³-hybridized carbons (Fsp3) is 0.292. The molecule has 8 nitrogen and oxygen atoms in total. The average molecular weight is 471 g/mol. The zero-order valence-corrected chi connectivity index (χ0v) is 19.6. The fourth-order valence-corrected chi connectivity index (χ4v) is 5.45. The van der Waals surface area contributed by atoms with Crippen LogP contribution in [0.25, 0.3) is 10.8 Å². The van der Waals surface area contributed by atoms with Gasteiger partial charge in [-0.1, -0.05) is 30.3 Å². The average Bonchev–Trinajstić information content (AvgIpc) is 2.87. The van der Waals surface area contributed by atoms with Crippen molar-refractivity contribution in [1.82, 2.24) is 9.21 Å². The molecule has 1 heterocycles. The maximum Gasteiger partial charge on any atom is 0.254 e. The molecule has 0 bridgehead atoms. The first-order valence-electron chi connectivity index (χ1n) is 10.5. The topological polar surface area (TPSA) is 85.4 Å². The maximum atomic E-state index is 13.2. The second kappa shape index (κ2) is 9.29. The monoisotopic (exact) mass is 470 g/mol. The summed E-state index contributed by atoms with van der Waals surface area (Å²) in [4.78, 5) is 15.0. The van der Waals surface area contributed by atoms with Crippen molar-refractivity contribution in [3.8, 4) is 17.2 Å². The van der Waals surface area contributed by atoms with Gasteiger partial charge in [-0.2, -0.15) is 4.31 Å². The van der Waals surface area contributed by atoms with E-state index in [1.165, 1.54) is 25.6 Å². The van der Waals surface area contributed by atoms with Gasteiger partial charge in [0.15, 0.2) is 11.5 Å². The molecule has 1 aliphatic heterocycles. The van der Waals surface area contributed by atoms with Gasteiger partial charge in [-0.15, -0.1) is 0 Å². The molecule has 9 heteroatoms. The van der Waals surface area contributed by atoms with E-state index >= 15 is 0 Å². The quantitative estimate of drug-likeness (QED) is 0.551. The molecule has 0 radical (unpaired) electrons. The zero-order valence-electron chi connectivity index (χ0n) is 18.8. The van der Waals surface area contributed by atoms with Crippen LogP contribution < -0.4 is 14.2 Å². The second-order valence-electron chi connectivity index (χ2n) is 7.62. The molecule has 1 fully saturated rings. The van der Waals surface area contributed by atoms with Crippen LogP contribution in [-0.4, -0.2) is 71.0 Å². The summed E-state index contributed by atoms with van der Waals surface area (Å²) in [5.41, 5.74) is 0.385. The molecule has 0 saturated carbocycles. The van der Waals surface area contributed by atoms with Crippen LogP contribution in [0.3, 0.4) is 0 Å². The van der Waals surface area contributed by atoms with Crippen LogP contribution >= 0.6 is 0 Å². The Morgan fingerprint density at radius 3 is 1.97 bits per heavy atom. The molecule has 0 aliphatic carbocycles. The minimum Gasteiger partial charge on any atom is -0.493 e. The van der Waals surface area contributed by atoms with E-state index in [4.69, 9.17) is 14.2 Å². The van der Waals surface area contributed by atoms with Gasteiger partial charge in [-0.3, -0.25) is 4.79 Å². The van der Waals surface area contributed by atoms with Gasteiger partial charge in [0.05, 0.1) is 26.2 Å². The van der Waals surface area contributed by atoms with Crippen molar-refractivity contribution in [3.63, 3.8) is 0 Å². The minimum absolute atomic E-state index is 0.214. The number of rotatable bonds is 6. The molecule has 33 heavy (non-hydrogen) atoms. The van der Waals surface area contributed by atoms with Crippen LogP contribution in [0.5, 0.6) is 17.2 Å². The first kappa shape index (κ1) is 22.9. The molecule has 0 atom stereocenters. The van der Waals surface area contributed by atoms with Crippen LogP contribution in [0.2, 0.25) is 0 Å². The Kier molecular flexibility index (Phi) is 6.44. The summed E-state index contributed by atoms with van der Waals surface area (Å²) in [5.74, 6) is 0.954. The van der Waals surface area contributed by atoms with Crippen molar-refractivity contribution in [2.75, 3.05) is 47.5 Å². The molecule has 3 aromatic carbocycles. The highest BCUT2D eigenvalue weighted by atomic mass is 32.2. The zero-order chi connectivity index (χ0) is 23.6. The number of sulfonamides is 1. The Morgan fingerprint density at radius 2 is 1.39 bits per heavy atom. The first-order valence-corrected chi connectivity index (χ1v) is 11.9. The molecular formula is C24H26N2O6S. The van der Waals surface area contributed by atoms with Crippen molar-refractivity contribution >= 4 is 26.7 Å². The number of fused-ring (bicyclic) bond motifs is 1. The van der Waals surface area contributed by atoms with Crippen LogP contribution in [0.15, 0.2) is 59.5 Å². The summed E-state index contributed by atoms with van der Waals surface area (Å²) in [7, 11) is 0.814. The van der Waals surface area contributed by atoms with Gasteiger partial charge in [0, 0.05) is 31.7 Å². The molecule has 1 aliphatic rings. The number of carbonyl (C=O) groups is 1. The van der Waals surface area contributed by atoms with E-state index in [1.807, 2.05) is 30.3 Å². The van der Waals surface area contributed by atoms with Gasteiger partial charge in [0.1, 0.15) is 0 Å². The predicted octanol–water partition coefficient (Wildman–Crippen LogP) is 3.01. The Hall–Kier alpha value is -3.30. The molecule has 0 spiro atoms. The molecule has 174 valence electrons. The lowest BCUT2D eigenvalue weighted by Gasteiger charge is -2.34. The van der Waals surface area contributed by atoms with E-state index in [9.17, 15) is 13.2 Å². The minimum atomic E-state index is -3.66. The van der Waals surface area contributed by atoms with E-state index in [1.54, 1.807) is 29.2 Å². The summed E-state index contributed by atoms with van der Waals surface area (Å²) in [6.07, 6.45) is 0. The number of ether oxygens (including phenoxy) is 3. The lowest BCUT2D eigenvalue weighted by atomic mass is 10.1. The third-order valence-electron chi connectivity index (χ3n) is 5.80.